The number of halogens is 1. The largest absolute Gasteiger partial charge is 0.409 e. The number of amidine groups is 1. The van der Waals surface area contributed by atoms with Crippen LogP contribution in [0.1, 0.15) is 11.1 Å². The molecule has 2 rings (SSSR count). The molecule has 2 aromatic rings. The third kappa shape index (κ3) is 2.71. The van der Waals surface area contributed by atoms with Gasteiger partial charge >= 0.3 is 0 Å². The fourth-order valence-electron chi connectivity index (χ4n) is 2.01. The maximum absolute atomic E-state index is 13.0. The van der Waals surface area contributed by atoms with Gasteiger partial charge < -0.3 is 15.8 Å². The molecule has 4 nitrogen and oxygen atoms in total. The van der Waals surface area contributed by atoms with E-state index in [1.165, 1.54) is 12.1 Å². The number of oxime groups is 1. The third-order valence-electron chi connectivity index (χ3n) is 3.11. The van der Waals surface area contributed by atoms with Crippen molar-refractivity contribution in [2.24, 2.45) is 10.9 Å². The van der Waals surface area contributed by atoms with Gasteiger partial charge in [-0.15, -0.1) is 0 Å². The van der Waals surface area contributed by atoms with E-state index in [0.29, 0.717) is 5.56 Å². The maximum Gasteiger partial charge on any atom is 0.172 e. The SMILES string of the molecule is Cc1ccc(N(C)c2ccc(F)cc2)c(/C(N)=N/O)c1. The molecule has 2 aromatic carbocycles. The Kier molecular flexibility index (Phi) is 3.89. The van der Waals surface area contributed by atoms with E-state index < -0.39 is 0 Å². The van der Waals surface area contributed by atoms with Crippen molar-refractivity contribution in [3.8, 4) is 0 Å². The van der Waals surface area contributed by atoms with Crippen LogP contribution in [0.2, 0.25) is 0 Å². The Bertz CT molecular complexity index is 638. The van der Waals surface area contributed by atoms with E-state index >= 15 is 0 Å². The highest BCUT2D eigenvalue weighted by molar-refractivity contribution is 6.03. The van der Waals surface area contributed by atoms with Crippen molar-refractivity contribution < 1.29 is 9.60 Å². The first-order valence-corrected chi connectivity index (χ1v) is 6.11. The second-order valence-electron chi connectivity index (χ2n) is 4.54. The van der Waals surface area contributed by atoms with Crippen LogP contribution in [0.25, 0.3) is 0 Å². The van der Waals surface area contributed by atoms with Gasteiger partial charge in [0, 0.05) is 18.3 Å². The van der Waals surface area contributed by atoms with Crippen LogP contribution in [0.3, 0.4) is 0 Å². The van der Waals surface area contributed by atoms with Crippen LogP contribution < -0.4 is 10.6 Å². The summed E-state index contributed by atoms with van der Waals surface area (Å²) in [6.45, 7) is 1.93. The zero-order valence-electron chi connectivity index (χ0n) is 11.3. The molecule has 0 aliphatic carbocycles. The second-order valence-corrected chi connectivity index (χ2v) is 4.54. The van der Waals surface area contributed by atoms with Crippen LogP contribution >= 0.6 is 0 Å². The number of anilines is 2. The maximum atomic E-state index is 13.0. The van der Waals surface area contributed by atoms with Gasteiger partial charge in [0.05, 0.1) is 5.69 Å². The van der Waals surface area contributed by atoms with Crippen molar-refractivity contribution in [3.05, 3.63) is 59.4 Å². The van der Waals surface area contributed by atoms with Crippen LogP contribution in [0, 0.1) is 12.7 Å². The summed E-state index contributed by atoms with van der Waals surface area (Å²) in [7, 11) is 1.84. The molecule has 0 spiro atoms. The molecule has 0 saturated carbocycles. The molecule has 0 atom stereocenters. The number of nitrogens with zero attached hydrogens (tertiary/aromatic N) is 2. The van der Waals surface area contributed by atoms with Crippen molar-refractivity contribution >= 4 is 17.2 Å². The molecule has 0 heterocycles. The topological polar surface area (TPSA) is 61.8 Å². The Labute approximate surface area is 116 Å². The van der Waals surface area contributed by atoms with Gasteiger partial charge in [0.2, 0.25) is 0 Å². The highest BCUT2D eigenvalue weighted by atomic mass is 19.1. The first kappa shape index (κ1) is 13.9. The van der Waals surface area contributed by atoms with Crippen LogP contribution in [0.5, 0.6) is 0 Å². The quantitative estimate of drug-likeness (QED) is 0.391. The molecule has 0 fully saturated rings. The number of hydrogen-bond acceptors (Lipinski definition) is 3. The molecule has 0 aromatic heterocycles. The summed E-state index contributed by atoms with van der Waals surface area (Å²) in [5.74, 6) is -0.250. The van der Waals surface area contributed by atoms with Gasteiger partial charge in [0.25, 0.3) is 0 Å². The smallest absolute Gasteiger partial charge is 0.172 e. The lowest BCUT2D eigenvalue weighted by atomic mass is 10.1. The molecule has 0 amide bonds. The van der Waals surface area contributed by atoms with Crippen molar-refractivity contribution in [2.45, 2.75) is 6.92 Å². The monoisotopic (exact) mass is 273 g/mol. The number of nitrogens with two attached hydrogens (primary N) is 1. The van der Waals surface area contributed by atoms with E-state index in [2.05, 4.69) is 5.16 Å². The molecular weight excluding hydrogens is 257 g/mol. The first-order chi connectivity index (χ1) is 9.52. The van der Waals surface area contributed by atoms with E-state index in [0.717, 1.165) is 16.9 Å². The highest BCUT2D eigenvalue weighted by Crippen LogP contribution is 2.27. The summed E-state index contributed by atoms with van der Waals surface area (Å²) in [4.78, 5) is 1.85. The number of aryl methyl sites for hydroxylation is 1. The second kappa shape index (κ2) is 5.61. The van der Waals surface area contributed by atoms with Crippen molar-refractivity contribution in [1.29, 1.82) is 0 Å². The van der Waals surface area contributed by atoms with E-state index in [4.69, 9.17) is 10.9 Å². The average Bonchev–Trinajstić information content (AvgIpc) is 2.46. The van der Waals surface area contributed by atoms with Gasteiger partial charge in [-0.1, -0.05) is 16.8 Å². The Hall–Kier alpha value is -2.56. The molecule has 0 unspecified atom stereocenters. The van der Waals surface area contributed by atoms with Crippen LogP contribution in [-0.4, -0.2) is 18.1 Å². The molecule has 0 saturated heterocycles. The molecule has 0 radical (unpaired) electrons. The molecule has 104 valence electrons. The molecule has 0 bridgehead atoms. The lowest BCUT2D eigenvalue weighted by Gasteiger charge is -2.22. The normalized spacial score (nSPS) is 11.4. The lowest BCUT2D eigenvalue weighted by Crippen LogP contribution is -2.19. The van der Waals surface area contributed by atoms with E-state index in [1.807, 2.05) is 37.1 Å². The van der Waals surface area contributed by atoms with Gasteiger partial charge in [0.1, 0.15) is 5.82 Å². The highest BCUT2D eigenvalue weighted by Gasteiger charge is 2.13. The van der Waals surface area contributed by atoms with Gasteiger partial charge in [0.15, 0.2) is 5.84 Å². The lowest BCUT2D eigenvalue weighted by molar-refractivity contribution is 0.318. The van der Waals surface area contributed by atoms with E-state index in [1.54, 1.807) is 12.1 Å². The zero-order chi connectivity index (χ0) is 14.7. The van der Waals surface area contributed by atoms with Crippen LogP contribution in [0.4, 0.5) is 15.8 Å². The Balaban J connectivity index is 2.49. The predicted octanol–water partition coefficient (Wildman–Crippen LogP) is 3.00. The molecule has 5 heteroatoms. The molecule has 0 aliphatic heterocycles. The van der Waals surface area contributed by atoms with Crippen LogP contribution in [-0.2, 0) is 0 Å². The third-order valence-corrected chi connectivity index (χ3v) is 3.11. The summed E-state index contributed by atoms with van der Waals surface area (Å²) in [5.41, 5.74) is 8.93. The van der Waals surface area contributed by atoms with Crippen molar-refractivity contribution in [1.82, 2.24) is 0 Å². The summed E-state index contributed by atoms with van der Waals surface area (Å²) in [6.07, 6.45) is 0. The summed E-state index contributed by atoms with van der Waals surface area (Å²) in [5, 5.41) is 11.9. The number of hydrogen-bond donors (Lipinski definition) is 2. The minimum atomic E-state index is -0.289. The van der Waals surface area contributed by atoms with Gasteiger partial charge in [-0.3, -0.25) is 0 Å². The predicted molar refractivity (Wildman–Crippen MR) is 78.2 cm³/mol. The molecule has 3 N–H and O–H groups in total. The molecular formula is C15H16FN3O. The van der Waals surface area contributed by atoms with Crippen molar-refractivity contribution in [3.63, 3.8) is 0 Å². The Morgan fingerprint density at radius 3 is 2.45 bits per heavy atom. The van der Waals surface area contributed by atoms with Crippen LogP contribution in [0.15, 0.2) is 47.6 Å². The number of benzene rings is 2. The Morgan fingerprint density at radius 2 is 1.85 bits per heavy atom. The van der Waals surface area contributed by atoms with Gasteiger partial charge in [-0.2, -0.15) is 0 Å². The average molecular weight is 273 g/mol. The molecule has 0 aliphatic rings. The summed E-state index contributed by atoms with van der Waals surface area (Å²) >= 11 is 0. The zero-order valence-corrected chi connectivity index (χ0v) is 11.3. The summed E-state index contributed by atoms with van der Waals surface area (Å²) in [6, 6.07) is 11.8. The van der Waals surface area contributed by atoms with E-state index in [-0.39, 0.29) is 11.7 Å². The van der Waals surface area contributed by atoms with Gasteiger partial charge in [-0.25, -0.2) is 4.39 Å². The minimum Gasteiger partial charge on any atom is -0.409 e. The standard InChI is InChI=1S/C15H16FN3O/c1-10-3-8-14(13(9-10)15(17)18-20)19(2)12-6-4-11(16)5-7-12/h3-9,20H,1-2H3,(H2,17,18). The van der Waals surface area contributed by atoms with Crippen molar-refractivity contribution in [2.75, 3.05) is 11.9 Å². The fourth-order valence-corrected chi connectivity index (χ4v) is 2.01. The Morgan fingerprint density at radius 1 is 1.20 bits per heavy atom. The fraction of sp³-hybridized carbons (Fsp3) is 0.133. The van der Waals surface area contributed by atoms with E-state index in [9.17, 15) is 4.39 Å². The minimum absolute atomic E-state index is 0.0395. The van der Waals surface area contributed by atoms with Gasteiger partial charge in [-0.05, 0) is 43.3 Å². The number of rotatable bonds is 3. The first-order valence-electron chi connectivity index (χ1n) is 6.11. The molecule has 20 heavy (non-hydrogen) atoms. The summed E-state index contributed by atoms with van der Waals surface area (Å²) < 4.78 is 13.0.